The summed E-state index contributed by atoms with van der Waals surface area (Å²) in [5.41, 5.74) is 1.25. The summed E-state index contributed by atoms with van der Waals surface area (Å²) >= 11 is 0. The zero-order chi connectivity index (χ0) is 19.8. The Bertz CT molecular complexity index is 824. The smallest absolute Gasteiger partial charge is 0.337 e. The lowest BCUT2D eigenvalue weighted by atomic mass is 10.2. The first kappa shape index (κ1) is 20.1. The molecule has 2 aromatic rings. The third-order valence-electron chi connectivity index (χ3n) is 3.53. The van der Waals surface area contributed by atoms with Crippen LogP contribution in [0.4, 0.5) is 15.8 Å². The van der Waals surface area contributed by atoms with Crippen LogP contribution in [-0.2, 0) is 14.3 Å². The van der Waals surface area contributed by atoms with E-state index in [1.54, 1.807) is 25.2 Å². The molecule has 2 N–H and O–H groups in total. The van der Waals surface area contributed by atoms with Crippen LogP contribution in [0.15, 0.2) is 48.5 Å². The third kappa shape index (κ3) is 6.52. The molecule has 0 aliphatic heterocycles. The number of hydrogen-bond donors (Lipinski definition) is 2. The maximum absolute atomic E-state index is 13.1. The van der Waals surface area contributed by atoms with Crippen molar-refractivity contribution in [2.45, 2.75) is 0 Å². The number of nitrogens with one attached hydrogen (secondary N) is 2. The summed E-state index contributed by atoms with van der Waals surface area (Å²) in [7, 11) is 2.91. The highest BCUT2D eigenvalue weighted by molar-refractivity contribution is 5.95. The third-order valence-corrected chi connectivity index (χ3v) is 3.53. The first-order valence-corrected chi connectivity index (χ1v) is 8.09. The lowest BCUT2D eigenvalue weighted by Gasteiger charge is -2.16. The second kappa shape index (κ2) is 9.44. The fourth-order valence-electron chi connectivity index (χ4n) is 2.32. The SMILES string of the molecule is COC(=O)c1ccc(NC(=O)CN(C)CC(=O)Nc2cccc(F)c2)cc1. The molecule has 0 atom stereocenters. The number of anilines is 2. The minimum Gasteiger partial charge on any atom is -0.465 e. The van der Waals surface area contributed by atoms with Crippen molar-refractivity contribution in [3.8, 4) is 0 Å². The topological polar surface area (TPSA) is 87.7 Å². The van der Waals surface area contributed by atoms with Crippen molar-refractivity contribution in [2.75, 3.05) is 37.9 Å². The Hall–Kier alpha value is -3.26. The second-order valence-electron chi connectivity index (χ2n) is 5.85. The number of likely N-dealkylation sites (N-methyl/N-ethyl adjacent to an activating group) is 1. The first-order valence-electron chi connectivity index (χ1n) is 8.09. The number of benzene rings is 2. The van der Waals surface area contributed by atoms with Crippen LogP contribution in [0.25, 0.3) is 0 Å². The van der Waals surface area contributed by atoms with Crippen molar-refractivity contribution in [1.82, 2.24) is 4.90 Å². The molecule has 0 saturated carbocycles. The summed E-state index contributed by atoms with van der Waals surface area (Å²) in [4.78, 5) is 36.9. The van der Waals surface area contributed by atoms with Gasteiger partial charge in [0.1, 0.15) is 5.82 Å². The molecule has 0 heterocycles. The fraction of sp³-hybridized carbons (Fsp3) is 0.211. The van der Waals surface area contributed by atoms with Crippen LogP contribution in [0.3, 0.4) is 0 Å². The van der Waals surface area contributed by atoms with E-state index in [1.165, 1.54) is 42.3 Å². The van der Waals surface area contributed by atoms with Gasteiger partial charge in [-0.1, -0.05) is 6.07 Å². The minimum absolute atomic E-state index is 0.0185. The largest absolute Gasteiger partial charge is 0.465 e. The van der Waals surface area contributed by atoms with Gasteiger partial charge in [-0.25, -0.2) is 9.18 Å². The van der Waals surface area contributed by atoms with E-state index in [0.29, 0.717) is 16.9 Å². The van der Waals surface area contributed by atoms with Crippen molar-refractivity contribution < 1.29 is 23.5 Å². The number of halogens is 1. The van der Waals surface area contributed by atoms with Crippen LogP contribution < -0.4 is 10.6 Å². The Balaban J connectivity index is 1.80. The molecule has 27 heavy (non-hydrogen) atoms. The number of ether oxygens (including phenoxy) is 1. The molecule has 0 aromatic heterocycles. The molecular weight excluding hydrogens is 353 g/mol. The van der Waals surface area contributed by atoms with Gasteiger partial charge in [0.25, 0.3) is 0 Å². The number of carbonyl (C=O) groups is 3. The van der Waals surface area contributed by atoms with E-state index in [0.717, 1.165) is 0 Å². The van der Waals surface area contributed by atoms with E-state index in [2.05, 4.69) is 15.4 Å². The molecule has 8 heteroatoms. The van der Waals surface area contributed by atoms with E-state index >= 15 is 0 Å². The molecule has 0 aliphatic carbocycles. The number of methoxy groups -OCH3 is 1. The Labute approximate surface area is 156 Å². The van der Waals surface area contributed by atoms with Crippen molar-refractivity contribution >= 4 is 29.2 Å². The van der Waals surface area contributed by atoms with Gasteiger partial charge >= 0.3 is 5.97 Å². The molecule has 0 spiro atoms. The summed E-state index contributed by atoms with van der Waals surface area (Å²) in [6.45, 7) is -0.0550. The monoisotopic (exact) mass is 373 g/mol. The predicted molar refractivity (Wildman–Crippen MR) is 98.9 cm³/mol. The number of hydrogen-bond acceptors (Lipinski definition) is 5. The standard InChI is InChI=1S/C19H20FN3O4/c1-23(12-18(25)22-16-5-3-4-14(20)10-16)11-17(24)21-15-8-6-13(7-9-15)19(26)27-2/h3-10H,11-12H2,1-2H3,(H,21,24)(H,22,25). The maximum Gasteiger partial charge on any atom is 0.337 e. The average molecular weight is 373 g/mol. The number of amides is 2. The Kier molecular flexibility index (Phi) is 7.01. The molecule has 0 aliphatic rings. The molecule has 0 saturated heterocycles. The maximum atomic E-state index is 13.1. The van der Waals surface area contributed by atoms with Crippen molar-refractivity contribution in [3.63, 3.8) is 0 Å². The van der Waals surface area contributed by atoms with Gasteiger partial charge in [0, 0.05) is 11.4 Å². The fourth-order valence-corrected chi connectivity index (χ4v) is 2.32. The number of esters is 1. The predicted octanol–water partition coefficient (Wildman–Crippen LogP) is 2.12. The highest BCUT2D eigenvalue weighted by Crippen LogP contribution is 2.11. The van der Waals surface area contributed by atoms with E-state index in [4.69, 9.17) is 0 Å². The van der Waals surface area contributed by atoms with Gasteiger partial charge in [-0.05, 0) is 49.5 Å². The van der Waals surface area contributed by atoms with Gasteiger partial charge in [-0.3, -0.25) is 14.5 Å². The highest BCUT2D eigenvalue weighted by Gasteiger charge is 2.12. The Morgan fingerprint density at radius 2 is 1.56 bits per heavy atom. The van der Waals surface area contributed by atoms with Crippen LogP contribution >= 0.6 is 0 Å². The van der Waals surface area contributed by atoms with Gasteiger partial charge in [0.05, 0.1) is 25.8 Å². The summed E-state index contributed by atoms with van der Waals surface area (Å²) in [5, 5.41) is 5.24. The number of carbonyl (C=O) groups excluding carboxylic acids is 3. The van der Waals surface area contributed by atoms with Crippen LogP contribution in [0, 0.1) is 5.82 Å². The molecule has 7 nitrogen and oxygen atoms in total. The molecule has 2 aromatic carbocycles. The molecule has 0 unspecified atom stereocenters. The van der Waals surface area contributed by atoms with Gasteiger partial charge in [0.15, 0.2) is 0 Å². The molecule has 0 radical (unpaired) electrons. The average Bonchev–Trinajstić information content (AvgIpc) is 2.61. The molecule has 0 bridgehead atoms. The normalized spacial score (nSPS) is 10.4. The van der Waals surface area contributed by atoms with E-state index in [9.17, 15) is 18.8 Å². The van der Waals surface area contributed by atoms with E-state index < -0.39 is 11.8 Å². The Morgan fingerprint density at radius 3 is 2.11 bits per heavy atom. The van der Waals surface area contributed by atoms with Crippen LogP contribution in [0.2, 0.25) is 0 Å². The van der Waals surface area contributed by atoms with Crippen LogP contribution in [0.5, 0.6) is 0 Å². The van der Waals surface area contributed by atoms with Crippen molar-refractivity contribution in [2.24, 2.45) is 0 Å². The second-order valence-corrected chi connectivity index (χ2v) is 5.85. The summed E-state index contributed by atoms with van der Waals surface area (Å²) in [5.74, 6) is -1.59. The summed E-state index contributed by atoms with van der Waals surface area (Å²) in [6, 6.07) is 11.8. The lowest BCUT2D eigenvalue weighted by Crippen LogP contribution is -2.36. The van der Waals surface area contributed by atoms with E-state index in [-0.39, 0.29) is 24.9 Å². The van der Waals surface area contributed by atoms with Gasteiger partial charge in [0.2, 0.25) is 11.8 Å². The zero-order valence-corrected chi connectivity index (χ0v) is 15.0. The highest BCUT2D eigenvalue weighted by atomic mass is 19.1. The summed E-state index contributed by atoms with van der Waals surface area (Å²) in [6.07, 6.45) is 0. The molecule has 142 valence electrons. The number of nitrogens with zero attached hydrogens (tertiary/aromatic N) is 1. The molecule has 2 rings (SSSR count). The quantitative estimate of drug-likeness (QED) is 0.726. The minimum atomic E-state index is -0.461. The van der Waals surface area contributed by atoms with Gasteiger partial charge < -0.3 is 15.4 Å². The van der Waals surface area contributed by atoms with Crippen LogP contribution in [-0.4, -0.2) is 49.9 Å². The Morgan fingerprint density at radius 1 is 0.963 bits per heavy atom. The first-order chi connectivity index (χ1) is 12.9. The zero-order valence-electron chi connectivity index (χ0n) is 15.0. The van der Waals surface area contributed by atoms with Gasteiger partial charge in [-0.15, -0.1) is 0 Å². The van der Waals surface area contributed by atoms with Crippen molar-refractivity contribution in [1.29, 1.82) is 0 Å². The lowest BCUT2D eigenvalue weighted by molar-refractivity contribution is -0.119. The van der Waals surface area contributed by atoms with Crippen LogP contribution in [0.1, 0.15) is 10.4 Å². The molecule has 2 amide bonds. The summed E-state index contributed by atoms with van der Waals surface area (Å²) < 4.78 is 17.7. The molecule has 0 fully saturated rings. The number of rotatable bonds is 7. The van der Waals surface area contributed by atoms with Crippen molar-refractivity contribution in [3.05, 3.63) is 59.9 Å². The van der Waals surface area contributed by atoms with Gasteiger partial charge in [-0.2, -0.15) is 0 Å². The van der Waals surface area contributed by atoms with E-state index in [1.807, 2.05) is 0 Å². The molecular formula is C19H20FN3O4.